The van der Waals surface area contributed by atoms with Crippen LogP contribution in [0.5, 0.6) is 0 Å². The van der Waals surface area contributed by atoms with Gasteiger partial charge in [0.1, 0.15) is 6.26 Å². The van der Waals surface area contributed by atoms with Crippen LogP contribution in [0, 0.1) is 0 Å². The summed E-state index contributed by atoms with van der Waals surface area (Å²) >= 11 is 0. The number of oxazole rings is 1. The first-order valence-electron chi connectivity index (χ1n) is 9.11. The van der Waals surface area contributed by atoms with Crippen molar-refractivity contribution in [2.24, 2.45) is 0 Å². The molecule has 1 unspecified atom stereocenters. The number of ether oxygens (including phenoxy) is 1. The lowest BCUT2D eigenvalue weighted by atomic mass is 10.2. The fourth-order valence-corrected chi connectivity index (χ4v) is 3.09. The van der Waals surface area contributed by atoms with Crippen LogP contribution >= 0.6 is 0 Å². The average molecular weight is 356 g/mol. The van der Waals surface area contributed by atoms with Gasteiger partial charge in [-0.15, -0.1) is 0 Å². The molecule has 0 spiro atoms. The Labute approximate surface area is 153 Å². The van der Waals surface area contributed by atoms with Gasteiger partial charge in [0.2, 0.25) is 5.89 Å². The van der Waals surface area contributed by atoms with Gasteiger partial charge in [0, 0.05) is 18.7 Å². The van der Waals surface area contributed by atoms with E-state index in [1.807, 2.05) is 30.3 Å². The lowest BCUT2D eigenvalue weighted by Gasteiger charge is -2.23. The highest BCUT2D eigenvalue weighted by Gasteiger charge is 2.24. The molecule has 1 aliphatic heterocycles. The maximum atomic E-state index is 12.4. The lowest BCUT2D eigenvalue weighted by molar-refractivity contribution is -0.158. The monoisotopic (exact) mass is 356 g/mol. The van der Waals surface area contributed by atoms with Crippen LogP contribution in [0.4, 0.5) is 0 Å². The SMILES string of the molecule is CC(OC(=O)Cc1coc(-c2ccccc2)n1)C(=O)N1CCCCCC1. The number of benzene rings is 1. The van der Waals surface area contributed by atoms with Crippen molar-refractivity contribution in [3.05, 3.63) is 42.3 Å². The number of carbonyl (C=O) groups excluding carboxylic acids is 2. The highest BCUT2D eigenvalue weighted by atomic mass is 16.5. The molecule has 0 radical (unpaired) electrons. The summed E-state index contributed by atoms with van der Waals surface area (Å²) in [5, 5.41) is 0. The van der Waals surface area contributed by atoms with E-state index in [1.54, 1.807) is 11.8 Å². The van der Waals surface area contributed by atoms with Crippen LogP contribution in [0.2, 0.25) is 0 Å². The largest absolute Gasteiger partial charge is 0.452 e. The van der Waals surface area contributed by atoms with Crippen molar-refractivity contribution in [1.29, 1.82) is 0 Å². The van der Waals surface area contributed by atoms with Crippen molar-refractivity contribution < 1.29 is 18.7 Å². The second-order valence-electron chi connectivity index (χ2n) is 6.56. The molecule has 138 valence electrons. The molecule has 1 amide bonds. The molecule has 3 rings (SSSR count). The van der Waals surface area contributed by atoms with Crippen molar-refractivity contribution in [2.75, 3.05) is 13.1 Å². The first-order chi connectivity index (χ1) is 12.6. The summed E-state index contributed by atoms with van der Waals surface area (Å²) in [5.74, 6) is -0.138. The first kappa shape index (κ1) is 18.2. The van der Waals surface area contributed by atoms with Crippen molar-refractivity contribution >= 4 is 11.9 Å². The Kier molecular flexibility index (Phi) is 6.04. The van der Waals surface area contributed by atoms with Crippen LogP contribution in [-0.2, 0) is 20.7 Å². The third-order valence-corrected chi connectivity index (χ3v) is 4.47. The molecule has 0 saturated carbocycles. The van der Waals surface area contributed by atoms with Gasteiger partial charge >= 0.3 is 5.97 Å². The van der Waals surface area contributed by atoms with Gasteiger partial charge in [-0.2, -0.15) is 0 Å². The van der Waals surface area contributed by atoms with Gasteiger partial charge in [0.25, 0.3) is 5.91 Å². The Balaban J connectivity index is 1.53. The molecule has 0 N–H and O–H groups in total. The van der Waals surface area contributed by atoms with E-state index in [-0.39, 0.29) is 12.3 Å². The van der Waals surface area contributed by atoms with Crippen LogP contribution in [0.3, 0.4) is 0 Å². The number of esters is 1. The third-order valence-electron chi connectivity index (χ3n) is 4.47. The van der Waals surface area contributed by atoms with Gasteiger partial charge in [0.05, 0.1) is 12.1 Å². The van der Waals surface area contributed by atoms with Crippen LogP contribution < -0.4 is 0 Å². The van der Waals surface area contributed by atoms with Gasteiger partial charge in [-0.1, -0.05) is 31.0 Å². The number of hydrogen-bond donors (Lipinski definition) is 0. The normalized spacial score (nSPS) is 16.0. The molecule has 1 atom stereocenters. The predicted octanol–water partition coefficient (Wildman–Crippen LogP) is 3.22. The van der Waals surface area contributed by atoms with Gasteiger partial charge in [-0.25, -0.2) is 4.98 Å². The molecule has 1 fully saturated rings. The summed E-state index contributed by atoms with van der Waals surface area (Å²) in [6.07, 6.45) is 4.96. The highest BCUT2D eigenvalue weighted by Crippen LogP contribution is 2.18. The van der Waals surface area contributed by atoms with Gasteiger partial charge in [-0.3, -0.25) is 9.59 Å². The molecule has 26 heavy (non-hydrogen) atoms. The molecule has 2 aromatic rings. The highest BCUT2D eigenvalue weighted by molar-refractivity contribution is 5.84. The summed E-state index contributed by atoms with van der Waals surface area (Å²) in [5.41, 5.74) is 1.33. The average Bonchev–Trinajstić information content (AvgIpc) is 2.94. The van der Waals surface area contributed by atoms with Crippen LogP contribution in [0.15, 0.2) is 41.0 Å². The Bertz CT molecular complexity index is 733. The third kappa shape index (κ3) is 4.71. The molecule has 0 bridgehead atoms. The maximum absolute atomic E-state index is 12.4. The number of aromatic nitrogens is 1. The maximum Gasteiger partial charge on any atom is 0.312 e. The minimum Gasteiger partial charge on any atom is -0.452 e. The molecular formula is C20H24N2O4. The number of amides is 1. The summed E-state index contributed by atoms with van der Waals surface area (Å²) in [6.45, 7) is 3.11. The van der Waals surface area contributed by atoms with Crippen molar-refractivity contribution in [2.45, 2.75) is 45.1 Å². The quantitative estimate of drug-likeness (QED) is 0.769. The first-order valence-corrected chi connectivity index (χ1v) is 9.11. The van der Waals surface area contributed by atoms with E-state index < -0.39 is 12.1 Å². The van der Waals surface area contributed by atoms with Crippen molar-refractivity contribution in [3.8, 4) is 11.5 Å². The molecule has 1 aromatic carbocycles. The van der Waals surface area contributed by atoms with Crippen LogP contribution in [-0.4, -0.2) is 41.0 Å². The second-order valence-corrected chi connectivity index (χ2v) is 6.56. The predicted molar refractivity (Wildman–Crippen MR) is 96.2 cm³/mol. The summed E-state index contributed by atoms with van der Waals surface area (Å²) in [4.78, 5) is 30.7. The number of rotatable bonds is 5. The fraction of sp³-hybridized carbons (Fsp3) is 0.450. The molecule has 6 heteroatoms. The molecule has 1 aromatic heterocycles. The number of hydrogen-bond acceptors (Lipinski definition) is 5. The van der Waals surface area contributed by atoms with Crippen LogP contribution in [0.1, 0.15) is 38.3 Å². The number of nitrogens with zero attached hydrogens (tertiary/aromatic N) is 2. The van der Waals surface area contributed by atoms with Crippen molar-refractivity contribution in [1.82, 2.24) is 9.88 Å². The van der Waals surface area contributed by atoms with E-state index in [1.165, 1.54) is 6.26 Å². The van der Waals surface area contributed by atoms with E-state index in [0.717, 1.165) is 44.3 Å². The van der Waals surface area contributed by atoms with Gasteiger partial charge in [-0.05, 0) is 31.9 Å². The van der Waals surface area contributed by atoms with E-state index in [9.17, 15) is 9.59 Å². The Morgan fingerprint density at radius 3 is 2.54 bits per heavy atom. The fourth-order valence-electron chi connectivity index (χ4n) is 3.09. The van der Waals surface area contributed by atoms with Gasteiger partial charge < -0.3 is 14.1 Å². The van der Waals surface area contributed by atoms with Gasteiger partial charge in [0.15, 0.2) is 6.10 Å². The minimum absolute atomic E-state index is 0.0199. The zero-order valence-electron chi connectivity index (χ0n) is 15.0. The Morgan fingerprint density at radius 1 is 1.15 bits per heavy atom. The Morgan fingerprint density at radius 2 is 1.85 bits per heavy atom. The van der Waals surface area contributed by atoms with E-state index >= 15 is 0 Å². The van der Waals surface area contributed by atoms with E-state index in [0.29, 0.717) is 11.6 Å². The topological polar surface area (TPSA) is 72.6 Å². The molecule has 1 aliphatic rings. The van der Waals surface area contributed by atoms with E-state index in [4.69, 9.17) is 9.15 Å². The molecule has 0 aliphatic carbocycles. The molecule has 6 nitrogen and oxygen atoms in total. The summed E-state index contributed by atoms with van der Waals surface area (Å²) in [7, 11) is 0. The molecule has 1 saturated heterocycles. The summed E-state index contributed by atoms with van der Waals surface area (Å²) in [6, 6.07) is 9.46. The minimum atomic E-state index is -0.777. The zero-order chi connectivity index (χ0) is 18.4. The Hall–Kier alpha value is -2.63. The standard InChI is InChI=1S/C20H24N2O4/c1-15(20(24)22-11-7-2-3-8-12-22)26-18(23)13-17-14-25-19(21-17)16-9-5-4-6-10-16/h4-6,9-10,14-15H,2-3,7-8,11-13H2,1H3. The van der Waals surface area contributed by atoms with Crippen LogP contribution in [0.25, 0.3) is 11.5 Å². The zero-order valence-corrected chi connectivity index (χ0v) is 15.0. The summed E-state index contributed by atoms with van der Waals surface area (Å²) < 4.78 is 10.7. The number of carbonyl (C=O) groups is 2. The number of likely N-dealkylation sites (tertiary alicyclic amines) is 1. The van der Waals surface area contributed by atoms with Crippen molar-refractivity contribution in [3.63, 3.8) is 0 Å². The van der Waals surface area contributed by atoms with E-state index in [2.05, 4.69) is 4.98 Å². The molecular weight excluding hydrogens is 332 g/mol. The smallest absolute Gasteiger partial charge is 0.312 e. The molecule has 2 heterocycles. The lowest BCUT2D eigenvalue weighted by Crippen LogP contribution is -2.40. The second kappa shape index (κ2) is 8.65.